The van der Waals surface area contributed by atoms with Gasteiger partial charge < -0.3 is 4.90 Å². The SMILES string of the molecule is CN(CC(=O)N(C)CC1(c2ccccc2)CC1(C)C)Cc1ccncc1. The van der Waals surface area contributed by atoms with Crippen LogP contribution >= 0.6 is 0 Å². The highest BCUT2D eigenvalue weighted by Gasteiger charge is 2.62. The number of amides is 1. The highest BCUT2D eigenvalue weighted by molar-refractivity contribution is 5.78. The first kappa shape index (κ1) is 18.6. The standard InChI is InChI=1S/C22H29N3O/c1-21(2)16-22(21,19-8-6-5-7-9-19)17-25(4)20(26)15-24(3)14-18-10-12-23-13-11-18/h5-13H,14-17H2,1-4H3. The van der Waals surface area contributed by atoms with E-state index in [0.717, 1.165) is 19.5 Å². The van der Waals surface area contributed by atoms with Crippen LogP contribution in [0.3, 0.4) is 0 Å². The van der Waals surface area contributed by atoms with Crippen molar-refractivity contribution in [3.8, 4) is 0 Å². The number of benzene rings is 1. The highest BCUT2D eigenvalue weighted by atomic mass is 16.2. The summed E-state index contributed by atoms with van der Waals surface area (Å²) in [5, 5.41) is 0. The molecule has 1 amide bonds. The molecule has 1 aliphatic carbocycles. The van der Waals surface area contributed by atoms with Gasteiger partial charge in [-0.1, -0.05) is 44.2 Å². The molecule has 1 atom stereocenters. The number of hydrogen-bond donors (Lipinski definition) is 0. The van der Waals surface area contributed by atoms with Crippen molar-refractivity contribution in [2.24, 2.45) is 5.41 Å². The zero-order chi connectivity index (χ0) is 18.8. The summed E-state index contributed by atoms with van der Waals surface area (Å²) in [7, 11) is 3.92. The second-order valence-electron chi connectivity index (χ2n) is 8.29. The molecule has 0 spiro atoms. The third-order valence-corrected chi connectivity index (χ3v) is 5.78. The van der Waals surface area contributed by atoms with Crippen LogP contribution in [-0.4, -0.2) is 47.9 Å². The Morgan fingerprint density at radius 3 is 2.27 bits per heavy atom. The molecule has 1 saturated carbocycles. The molecule has 1 unspecified atom stereocenters. The van der Waals surface area contributed by atoms with Gasteiger partial charge in [0.2, 0.25) is 5.91 Å². The first-order valence-corrected chi connectivity index (χ1v) is 9.21. The van der Waals surface area contributed by atoms with Crippen LogP contribution in [0.15, 0.2) is 54.9 Å². The Labute approximate surface area is 156 Å². The summed E-state index contributed by atoms with van der Waals surface area (Å²) in [5.74, 6) is 0.166. The fraction of sp³-hybridized carbons (Fsp3) is 0.455. The van der Waals surface area contributed by atoms with Gasteiger partial charge in [0.1, 0.15) is 0 Å². The molecule has 0 aliphatic heterocycles. The summed E-state index contributed by atoms with van der Waals surface area (Å²) in [4.78, 5) is 20.8. The summed E-state index contributed by atoms with van der Waals surface area (Å²) in [6.07, 6.45) is 4.69. The minimum absolute atomic E-state index is 0.0718. The van der Waals surface area contributed by atoms with Crippen LogP contribution in [0, 0.1) is 5.41 Å². The molecular weight excluding hydrogens is 322 g/mol. The summed E-state index contributed by atoms with van der Waals surface area (Å²) in [6, 6.07) is 14.6. The number of nitrogens with zero attached hydrogens (tertiary/aromatic N) is 3. The average molecular weight is 351 g/mol. The maximum atomic E-state index is 12.8. The van der Waals surface area contributed by atoms with Crippen molar-refractivity contribution in [1.29, 1.82) is 0 Å². The van der Waals surface area contributed by atoms with Crippen molar-refractivity contribution < 1.29 is 4.79 Å². The first-order chi connectivity index (χ1) is 12.3. The Morgan fingerprint density at radius 1 is 1.08 bits per heavy atom. The molecule has 0 bridgehead atoms. The summed E-state index contributed by atoms with van der Waals surface area (Å²) in [6.45, 7) is 6.54. The lowest BCUT2D eigenvalue weighted by atomic mass is 9.87. The zero-order valence-electron chi connectivity index (χ0n) is 16.3. The zero-order valence-corrected chi connectivity index (χ0v) is 16.3. The van der Waals surface area contributed by atoms with Crippen molar-refractivity contribution in [3.63, 3.8) is 0 Å². The fourth-order valence-corrected chi connectivity index (χ4v) is 4.02. The van der Waals surface area contributed by atoms with Gasteiger partial charge in [-0.3, -0.25) is 14.7 Å². The molecular formula is C22H29N3O. The Balaban J connectivity index is 1.62. The number of pyridine rings is 1. The van der Waals surface area contributed by atoms with E-state index in [2.05, 4.69) is 54.1 Å². The Kier molecular flexibility index (Phi) is 5.15. The van der Waals surface area contributed by atoms with Crippen molar-refractivity contribution >= 4 is 5.91 Å². The first-order valence-electron chi connectivity index (χ1n) is 9.21. The van der Waals surface area contributed by atoms with E-state index in [-0.39, 0.29) is 16.7 Å². The van der Waals surface area contributed by atoms with Crippen LogP contribution in [0.25, 0.3) is 0 Å². The molecule has 0 radical (unpaired) electrons. The van der Waals surface area contributed by atoms with Crippen molar-refractivity contribution in [2.75, 3.05) is 27.2 Å². The predicted molar refractivity (Wildman–Crippen MR) is 105 cm³/mol. The van der Waals surface area contributed by atoms with Gasteiger partial charge in [-0.15, -0.1) is 0 Å². The number of rotatable bonds is 7. The van der Waals surface area contributed by atoms with Gasteiger partial charge in [-0.2, -0.15) is 0 Å². The summed E-state index contributed by atoms with van der Waals surface area (Å²) < 4.78 is 0. The maximum absolute atomic E-state index is 12.8. The van der Waals surface area contributed by atoms with E-state index in [1.807, 2.05) is 31.1 Å². The molecule has 1 heterocycles. The lowest BCUT2D eigenvalue weighted by Gasteiger charge is -2.29. The molecule has 26 heavy (non-hydrogen) atoms. The normalized spacial score (nSPS) is 20.8. The number of hydrogen-bond acceptors (Lipinski definition) is 3. The minimum Gasteiger partial charge on any atom is -0.344 e. The van der Waals surface area contributed by atoms with Gasteiger partial charge in [0.15, 0.2) is 0 Å². The third kappa shape index (κ3) is 3.80. The van der Waals surface area contributed by atoms with Crippen molar-refractivity contribution in [1.82, 2.24) is 14.8 Å². The second kappa shape index (κ2) is 7.20. The molecule has 0 N–H and O–H groups in total. The van der Waals surface area contributed by atoms with E-state index in [0.29, 0.717) is 6.54 Å². The summed E-state index contributed by atoms with van der Waals surface area (Å²) >= 11 is 0. The topological polar surface area (TPSA) is 36.4 Å². The Bertz CT molecular complexity index is 744. The van der Waals surface area contributed by atoms with Gasteiger partial charge in [0.25, 0.3) is 0 Å². The number of aromatic nitrogens is 1. The van der Waals surface area contributed by atoms with E-state index < -0.39 is 0 Å². The smallest absolute Gasteiger partial charge is 0.236 e. The number of carbonyl (C=O) groups is 1. The number of likely N-dealkylation sites (N-methyl/N-ethyl adjacent to an activating group) is 2. The van der Waals surface area contributed by atoms with Crippen LogP contribution in [0.2, 0.25) is 0 Å². The minimum atomic E-state index is 0.0718. The maximum Gasteiger partial charge on any atom is 0.236 e. The number of carbonyl (C=O) groups excluding carboxylic acids is 1. The van der Waals surface area contributed by atoms with Crippen LogP contribution in [0.5, 0.6) is 0 Å². The monoisotopic (exact) mass is 351 g/mol. The van der Waals surface area contributed by atoms with Crippen LogP contribution in [0.4, 0.5) is 0 Å². The van der Waals surface area contributed by atoms with Crippen LogP contribution in [-0.2, 0) is 16.8 Å². The van der Waals surface area contributed by atoms with E-state index in [4.69, 9.17) is 0 Å². The molecule has 1 aromatic carbocycles. The molecule has 1 aromatic heterocycles. The average Bonchev–Trinajstić information content (AvgIpc) is 3.18. The van der Waals surface area contributed by atoms with E-state index in [1.54, 1.807) is 12.4 Å². The van der Waals surface area contributed by atoms with E-state index in [9.17, 15) is 4.79 Å². The van der Waals surface area contributed by atoms with Gasteiger partial charge >= 0.3 is 0 Å². The Morgan fingerprint density at radius 2 is 1.69 bits per heavy atom. The predicted octanol–water partition coefficient (Wildman–Crippen LogP) is 3.34. The van der Waals surface area contributed by atoms with Gasteiger partial charge in [-0.25, -0.2) is 0 Å². The molecule has 1 fully saturated rings. The molecule has 4 heteroatoms. The highest BCUT2D eigenvalue weighted by Crippen LogP contribution is 2.64. The van der Waals surface area contributed by atoms with Crippen molar-refractivity contribution in [2.45, 2.75) is 32.2 Å². The van der Waals surface area contributed by atoms with Crippen LogP contribution < -0.4 is 0 Å². The molecule has 2 aromatic rings. The van der Waals surface area contributed by atoms with Gasteiger partial charge in [0, 0.05) is 37.9 Å². The molecule has 1 aliphatic rings. The van der Waals surface area contributed by atoms with Crippen molar-refractivity contribution in [3.05, 3.63) is 66.0 Å². The van der Waals surface area contributed by atoms with Gasteiger partial charge in [-0.05, 0) is 42.1 Å². The molecule has 138 valence electrons. The lowest BCUT2D eigenvalue weighted by molar-refractivity contribution is -0.131. The quantitative estimate of drug-likeness (QED) is 0.768. The van der Waals surface area contributed by atoms with E-state index in [1.165, 1.54) is 11.1 Å². The Hall–Kier alpha value is -2.20. The van der Waals surface area contributed by atoms with Gasteiger partial charge in [0.05, 0.1) is 6.54 Å². The summed E-state index contributed by atoms with van der Waals surface area (Å²) in [5.41, 5.74) is 2.81. The fourth-order valence-electron chi connectivity index (χ4n) is 4.02. The molecule has 4 nitrogen and oxygen atoms in total. The van der Waals surface area contributed by atoms with Crippen LogP contribution in [0.1, 0.15) is 31.4 Å². The third-order valence-electron chi connectivity index (χ3n) is 5.78. The lowest BCUT2D eigenvalue weighted by Crippen LogP contribution is -2.41. The molecule has 0 saturated heterocycles. The largest absolute Gasteiger partial charge is 0.344 e. The van der Waals surface area contributed by atoms with E-state index >= 15 is 0 Å². The second-order valence-corrected chi connectivity index (χ2v) is 8.29. The molecule has 3 rings (SSSR count).